The SMILES string of the molecule is CC(C)(C)Nc1nccn1C1=Nc2ccccc2C1. The standard InChI is InChI=1S/C15H18N4/c1-15(2,3)18-14-16-8-9-19(14)13-10-11-6-4-5-7-12(11)17-13/h4-9H,10H2,1-3H3,(H,16,18). The first-order valence-electron chi connectivity index (χ1n) is 6.50. The fourth-order valence-corrected chi connectivity index (χ4v) is 2.20. The van der Waals surface area contributed by atoms with E-state index in [1.165, 1.54) is 5.56 Å². The lowest BCUT2D eigenvalue weighted by atomic mass is 10.1. The van der Waals surface area contributed by atoms with Gasteiger partial charge in [-0.05, 0) is 32.4 Å². The molecular weight excluding hydrogens is 236 g/mol. The lowest BCUT2D eigenvalue weighted by molar-refractivity contribution is 0.625. The number of hydrogen-bond acceptors (Lipinski definition) is 3. The Balaban J connectivity index is 1.92. The van der Waals surface area contributed by atoms with Crippen molar-refractivity contribution < 1.29 is 0 Å². The quantitative estimate of drug-likeness (QED) is 0.849. The van der Waals surface area contributed by atoms with Gasteiger partial charge < -0.3 is 5.32 Å². The highest BCUT2D eigenvalue weighted by Crippen LogP contribution is 2.27. The van der Waals surface area contributed by atoms with Crippen molar-refractivity contribution in [1.82, 2.24) is 9.55 Å². The summed E-state index contributed by atoms with van der Waals surface area (Å²) in [4.78, 5) is 9.06. The van der Waals surface area contributed by atoms with Gasteiger partial charge in [0, 0.05) is 24.4 Å². The van der Waals surface area contributed by atoms with Crippen molar-refractivity contribution in [1.29, 1.82) is 0 Å². The molecule has 2 heterocycles. The molecule has 1 aromatic carbocycles. The van der Waals surface area contributed by atoms with Crippen LogP contribution in [0.4, 0.5) is 11.6 Å². The summed E-state index contributed by atoms with van der Waals surface area (Å²) in [5.74, 6) is 1.87. The van der Waals surface area contributed by atoms with E-state index in [1.54, 1.807) is 6.20 Å². The number of anilines is 1. The van der Waals surface area contributed by atoms with E-state index in [9.17, 15) is 0 Å². The number of rotatable bonds is 1. The van der Waals surface area contributed by atoms with Crippen LogP contribution in [0.15, 0.2) is 41.7 Å². The third kappa shape index (κ3) is 2.38. The number of nitrogens with one attached hydrogen (secondary N) is 1. The van der Waals surface area contributed by atoms with Crippen LogP contribution in [0, 0.1) is 0 Å². The number of imidazole rings is 1. The molecule has 1 aromatic heterocycles. The van der Waals surface area contributed by atoms with Crippen molar-refractivity contribution in [3.8, 4) is 0 Å². The minimum atomic E-state index is -0.0187. The van der Waals surface area contributed by atoms with E-state index in [2.05, 4.69) is 54.3 Å². The zero-order chi connectivity index (χ0) is 13.5. The smallest absolute Gasteiger partial charge is 0.208 e. The highest BCUT2D eigenvalue weighted by Gasteiger charge is 2.19. The molecule has 98 valence electrons. The molecule has 2 aromatic rings. The molecule has 1 aliphatic heterocycles. The largest absolute Gasteiger partial charge is 0.351 e. The lowest BCUT2D eigenvalue weighted by Crippen LogP contribution is -2.29. The fraction of sp³-hybridized carbons (Fsp3) is 0.333. The van der Waals surface area contributed by atoms with Gasteiger partial charge in [0.15, 0.2) is 0 Å². The Morgan fingerprint density at radius 1 is 1.21 bits per heavy atom. The second-order valence-electron chi connectivity index (χ2n) is 5.83. The predicted molar refractivity (Wildman–Crippen MR) is 78.2 cm³/mol. The van der Waals surface area contributed by atoms with Crippen LogP contribution in [0.1, 0.15) is 26.3 Å². The topological polar surface area (TPSA) is 42.2 Å². The summed E-state index contributed by atoms with van der Waals surface area (Å²) in [5.41, 5.74) is 2.32. The summed E-state index contributed by atoms with van der Waals surface area (Å²) >= 11 is 0. The van der Waals surface area contributed by atoms with E-state index in [-0.39, 0.29) is 5.54 Å². The molecule has 1 N–H and O–H groups in total. The summed E-state index contributed by atoms with van der Waals surface area (Å²) in [7, 11) is 0. The van der Waals surface area contributed by atoms with Crippen LogP contribution >= 0.6 is 0 Å². The van der Waals surface area contributed by atoms with E-state index in [1.807, 2.05) is 16.8 Å². The number of hydrogen-bond donors (Lipinski definition) is 1. The van der Waals surface area contributed by atoms with Gasteiger partial charge >= 0.3 is 0 Å². The Bertz CT molecular complexity index is 632. The molecule has 4 nitrogen and oxygen atoms in total. The zero-order valence-electron chi connectivity index (χ0n) is 11.5. The maximum absolute atomic E-state index is 4.68. The van der Waals surface area contributed by atoms with Crippen LogP contribution in [0.25, 0.3) is 0 Å². The molecule has 0 fully saturated rings. The molecule has 4 heteroatoms. The van der Waals surface area contributed by atoms with Crippen molar-refractivity contribution >= 4 is 17.5 Å². The van der Waals surface area contributed by atoms with Crippen molar-refractivity contribution in [2.45, 2.75) is 32.7 Å². The Kier molecular flexibility index (Phi) is 2.66. The van der Waals surface area contributed by atoms with Crippen LogP contribution in [-0.4, -0.2) is 20.9 Å². The summed E-state index contributed by atoms with van der Waals surface area (Å²) in [6.45, 7) is 6.37. The van der Waals surface area contributed by atoms with Crippen molar-refractivity contribution in [3.63, 3.8) is 0 Å². The first-order chi connectivity index (χ1) is 9.03. The van der Waals surface area contributed by atoms with Gasteiger partial charge in [0.2, 0.25) is 5.95 Å². The Morgan fingerprint density at radius 2 is 2.00 bits per heavy atom. The van der Waals surface area contributed by atoms with Crippen LogP contribution < -0.4 is 5.32 Å². The average molecular weight is 254 g/mol. The second-order valence-corrected chi connectivity index (χ2v) is 5.83. The molecule has 0 atom stereocenters. The molecule has 0 spiro atoms. The van der Waals surface area contributed by atoms with Crippen LogP contribution in [0.2, 0.25) is 0 Å². The van der Waals surface area contributed by atoms with E-state index in [4.69, 9.17) is 0 Å². The molecule has 0 bridgehead atoms. The third-order valence-electron chi connectivity index (χ3n) is 3.00. The predicted octanol–water partition coefficient (Wildman–Crippen LogP) is 3.23. The average Bonchev–Trinajstić information content (AvgIpc) is 2.91. The fourth-order valence-electron chi connectivity index (χ4n) is 2.20. The van der Waals surface area contributed by atoms with Gasteiger partial charge in [-0.1, -0.05) is 18.2 Å². The Labute approximate surface area is 113 Å². The molecule has 0 unspecified atom stereocenters. The van der Waals surface area contributed by atoms with Crippen molar-refractivity contribution in [3.05, 3.63) is 42.2 Å². The van der Waals surface area contributed by atoms with Crippen molar-refractivity contribution in [2.75, 3.05) is 5.32 Å². The lowest BCUT2D eigenvalue weighted by Gasteiger charge is -2.21. The first-order valence-corrected chi connectivity index (χ1v) is 6.50. The van der Waals surface area contributed by atoms with Gasteiger partial charge in [-0.25, -0.2) is 9.98 Å². The van der Waals surface area contributed by atoms with Crippen molar-refractivity contribution in [2.24, 2.45) is 4.99 Å². The normalized spacial score (nSPS) is 14.2. The molecule has 0 aliphatic carbocycles. The molecular formula is C15H18N4. The Morgan fingerprint density at radius 3 is 2.74 bits per heavy atom. The summed E-state index contributed by atoms with van der Waals surface area (Å²) in [5, 5.41) is 3.40. The third-order valence-corrected chi connectivity index (χ3v) is 3.00. The summed E-state index contributed by atoms with van der Waals surface area (Å²) < 4.78 is 2.03. The second kappa shape index (κ2) is 4.23. The minimum absolute atomic E-state index is 0.0187. The van der Waals surface area contributed by atoms with E-state index in [0.29, 0.717) is 0 Å². The van der Waals surface area contributed by atoms with Gasteiger partial charge in [0.1, 0.15) is 5.84 Å². The van der Waals surface area contributed by atoms with Gasteiger partial charge in [-0.2, -0.15) is 0 Å². The molecule has 0 amide bonds. The number of para-hydroxylation sites is 1. The van der Waals surface area contributed by atoms with Gasteiger partial charge in [0.25, 0.3) is 0 Å². The molecule has 3 rings (SSSR count). The molecule has 0 saturated heterocycles. The number of fused-ring (bicyclic) bond motifs is 1. The monoisotopic (exact) mass is 254 g/mol. The Hall–Kier alpha value is -2.10. The van der Waals surface area contributed by atoms with Crippen LogP contribution in [0.5, 0.6) is 0 Å². The summed E-state index contributed by atoms with van der Waals surface area (Å²) in [6.07, 6.45) is 4.61. The molecule has 0 radical (unpaired) electrons. The van der Waals surface area contributed by atoms with Gasteiger partial charge in [-0.3, -0.25) is 4.57 Å². The first kappa shape index (κ1) is 12.0. The van der Waals surface area contributed by atoms with Gasteiger partial charge in [-0.15, -0.1) is 0 Å². The van der Waals surface area contributed by atoms with Gasteiger partial charge in [0.05, 0.1) is 5.69 Å². The highest BCUT2D eigenvalue weighted by molar-refractivity contribution is 5.95. The van der Waals surface area contributed by atoms with E-state index in [0.717, 1.165) is 23.9 Å². The van der Waals surface area contributed by atoms with E-state index >= 15 is 0 Å². The van der Waals surface area contributed by atoms with E-state index < -0.39 is 0 Å². The number of benzene rings is 1. The van der Waals surface area contributed by atoms with Crippen LogP contribution in [0.3, 0.4) is 0 Å². The molecule has 19 heavy (non-hydrogen) atoms. The summed E-state index contributed by atoms with van der Waals surface area (Å²) in [6, 6.07) is 8.25. The number of aliphatic imine (C=N–C) groups is 1. The number of nitrogens with zero attached hydrogens (tertiary/aromatic N) is 3. The minimum Gasteiger partial charge on any atom is -0.351 e. The van der Waals surface area contributed by atoms with Crippen LogP contribution in [-0.2, 0) is 6.42 Å². The maximum atomic E-state index is 4.68. The zero-order valence-corrected chi connectivity index (χ0v) is 11.5. The highest BCUT2D eigenvalue weighted by atomic mass is 15.2. The molecule has 0 saturated carbocycles. The molecule has 1 aliphatic rings. The maximum Gasteiger partial charge on any atom is 0.208 e. The number of aromatic nitrogens is 2.